The summed E-state index contributed by atoms with van der Waals surface area (Å²) < 4.78 is 67.6. The highest BCUT2D eigenvalue weighted by molar-refractivity contribution is 7.86. The Bertz CT molecular complexity index is 763. The average Bonchev–Trinajstić information content (AvgIpc) is 2.56. The molecule has 0 aliphatic carbocycles. The number of ether oxygens (including phenoxy) is 1. The molecule has 0 aromatic heterocycles. The van der Waals surface area contributed by atoms with E-state index < -0.39 is 15.6 Å². The second-order valence-corrected chi connectivity index (χ2v) is 9.48. The van der Waals surface area contributed by atoms with Gasteiger partial charge in [-0.05, 0) is 49.7 Å². The third-order valence-electron chi connectivity index (χ3n) is 2.96. The zero-order chi connectivity index (χ0) is 19.8. The molecule has 9 heteroatoms. The minimum Gasteiger partial charge on any atom is -0.741 e. The van der Waals surface area contributed by atoms with Gasteiger partial charge in [-0.15, -0.1) is 0 Å². The minimum atomic E-state index is -6.09. The SMILES string of the molecule is CCC(C)Oc1ccc([I+]c2ccccc2)cc1.O=S(=O)([O-])C(F)(F)F. The normalized spacial score (nSPS) is 12.7. The predicted molar refractivity (Wildman–Crippen MR) is 86.4 cm³/mol. The largest absolute Gasteiger partial charge is 0.741 e. The van der Waals surface area contributed by atoms with Crippen molar-refractivity contribution in [1.29, 1.82) is 0 Å². The van der Waals surface area contributed by atoms with Gasteiger partial charge in [-0.25, -0.2) is 8.42 Å². The molecule has 1 unspecified atom stereocenters. The third kappa shape index (κ3) is 8.37. The van der Waals surface area contributed by atoms with Crippen LogP contribution in [0.4, 0.5) is 13.2 Å². The highest BCUT2D eigenvalue weighted by Gasteiger charge is 2.36. The Morgan fingerprint density at radius 1 is 1.04 bits per heavy atom. The van der Waals surface area contributed by atoms with Gasteiger partial charge in [-0.2, -0.15) is 13.2 Å². The molecule has 4 nitrogen and oxygen atoms in total. The maximum absolute atomic E-state index is 10.7. The van der Waals surface area contributed by atoms with Gasteiger partial charge in [0.05, 0.1) is 6.10 Å². The Morgan fingerprint density at radius 2 is 1.50 bits per heavy atom. The van der Waals surface area contributed by atoms with Gasteiger partial charge in [-0.1, -0.05) is 25.1 Å². The molecule has 0 aliphatic heterocycles. The summed E-state index contributed by atoms with van der Waals surface area (Å²) in [6.07, 6.45) is 1.33. The van der Waals surface area contributed by atoms with Crippen LogP contribution >= 0.6 is 0 Å². The number of benzene rings is 2. The van der Waals surface area contributed by atoms with Crippen molar-refractivity contribution in [2.24, 2.45) is 0 Å². The number of alkyl halides is 3. The zero-order valence-electron chi connectivity index (χ0n) is 14.0. The first-order valence-electron chi connectivity index (χ1n) is 7.51. The summed E-state index contributed by atoms with van der Waals surface area (Å²) in [6.45, 7) is 4.24. The number of hydrogen-bond donors (Lipinski definition) is 0. The molecule has 144 valence electrons. The first-order valence-corrected chi connectivity index (χ1v) is 11.1. The van der Waals surface area contributed by atoms with Gasteiger partial charge in [0.1, 0.15) is 5.75 Å². The molecular formula is C17H18F3IO4S. The van der Waals surface area contributed by atoms with Crippen molar-refractivity contribution in [3.63, 3.8) is 0 Å². The molecule has 0 aliphatic rings. The Morgan fingerprint density at radius 3 is 1.92 bits per heavy atom. The summed E-state index contributed by atoms with van der Waals surface area (Å²) in [7, 11) is -6.09. The van der Waals surface area contributed by atoms with Crippen LogP contribution in [0.2, 0.25) is 0 Å². The van der Waals surface area contributed by atoms with E-state index in [0.29, 0.717) is 6.10 Å². The van der Waals surface area contributed by atoms with Crippen LogP contribution in [0.25, 0.3) is 0 Å². The van der Waals surface area contributed by atoms with Crippen LogP contribution in [-0.2, 0) is 10.1 Å². The quantitative estimate of drug-likeness (QED) is 0.349. The van der Waals surface area contributed by atoms with E-state index in [4.69, 9.17) is 17.7 Å². The lowest BCUT2D eigenvalue weighted by Crippen LogP contribution is -3.61. The summed E-state index contributed by atoms with van der Waals surface area (Å²) in [5.41, 5.74) is -5.65. The first-order chi connectivity index (χ1) is 12.0. The number of hydrogen-bond acceptors (Lipinski definition) is 4. The van der Waals surface area contributed by atoms with Crippen molar-refractivity contribution in [2.45, 2.75) is 31.9 Å². The van der Waals surface area contributed by atoms with Gasteiger partial charge in [0.2, 0.25) is 0 Å². The zero-order valence-corrected chi connectivity index (χ0v) is 17.0. The minimum absolute atomic E-state index is 0.0645. The van der Waals surface area contributed by atoms with E-state index in [1.807, 2.05) is 0 Å². The lowest BCUT2D eigenvalue weighted by atomic mass is 10.3. The van der Waals surface area contributed by atoms with Gasteiger partial charge in [0.15, 0.2) is 17.3 Å². The van der Waals surface area contributed by atoms with Crippen molar-refractivity contribution in [1.82, 2.24) is 0 Å². The van der Waals surface area contributed by atoms with Crippen molar-refractivity contribution < 1.29 is 52.1 Å². The molecule has 0 saturated carbocycles. The third-order valence-corrected chi connectivity index (χ3v) is 6.21. The Kier molecular flexibility index (Phi) is 8.84. The summed E-state index contributed by atoms with van der Waals surface area (Å²) in [6, 6.07) is 19.2. The van der Waals surface area contributed by atoms with E-state index in [0.717, 1.165) is 12.2 Å². The predicted octanol–water partition coefficient (Wildman–Crippen LogP) is 1.04. The Labute approximate surface area is 161 Å². The summed E-state index contributed by atoms with van der Waals surface area (Å²) >= 11 is -0.0645. The molecule has 0 N–H and O–H groups in total. The van der Waals surface area contributed by atoms with Gasteiger partial charge >= 0.3 is 26.7 Å². The molecule has 0 spiro atoms. The summed E-state index contributed by atoms with van der Waals surface area (Å²) in [5, 5.41) is 0. The molecule has 0 fully saturated rings. The first kappa shape index (κ1) is 22.7. The van der Waals surface area contributed by atoms with E-state index in [2.05, 4.69) is 68.4 Å². The molecule has 2 aromatic rings. The van der Waals surface area contributed by atoms with E-state index in [9.17, 15) is 13.2 Å². The van der Waals surface area contributed by atoms with Crippen molar-refractivity contribution >= 4 is 10.1 Å². The van der Waals surface area contributed by atoms with Crippen molar-refractivity contribution in [3.8, 4) is 5.75 Å². The van der Waals surface area contributed by atoms with E-state index in [1.165, 1.54) is 7.14 Å². The van der Waals surface area contributed by atoms with Crippen LogP contribution in [-0.4, -0.2) is 24.6 Å². The van der Waals surface area contributed by atoms with Gasteiger partial charge in [0, 0.05) is 0 Å². The highest BCUT2D eigenvalue weighted by Crippen LogP contribution is 2.20. The fourth-order valence-corrected chi connectivity index (χ4v) is 3.71. The van der Waals surface area contributed by atoms with Crippen LogP contribution in [0, 0.1) is 7.14 Å². The van der Waals surface area contributed by atoms with Crippen LogP contribution in [0.5, 0.6) is 5.75 Å². The highest BCUT2D eigenvalue weighted by atomic mass is 127. The maximum Gasteiger partial charge on any atom is 0.485 e. The van der Waals surface area contributed by atoms with Gasteiger partial charge < -0.3 is 9.29 Å². The molecule has 1 atom stereocenters. The summed E-state index contributed by atoms with van der Waals surface area (Å²) in [5.74, 6) is 0.977. The average molecular weight is 502 g/mol. The van der Waals surface area contributed by atoms with Crippen LogP contribution in [0.3, 0.4) is 0 Å². The van der Waals surface area contributed by atoms with E-state index >= 15 is 0 Å². The molecule has 0 bridgehead atoms. The molecule has 2 aromatic carbocycles. The van der Waals surface area contributed by atoms with Crippen molar-refractivity contribution in [3.05, 3.63) is 61.7 Å². The lowest BCUT2D eigenvalue weighted by Gasteiger charge is -2.11. The second kappa shape index (κ2) is 10.1. The molecule has 0 heterocycles. The topological polar surface area (TPSA) is 66.4 Å². The lowest BCUT2D eigenvalue weighted by molar-refractivity contribution is -0.597. The number of halogens is 4. The number of rotatable bonds is 5. The van der Waals surface area contributed by atoms with E-state index in [-0.39, 0.29) is 21.2 Å². The molecule has 0 saturated heterocycles. The maximum atomic E-state index is 10.7. The fraction of sp³-hybridized carbons (Fsp3) is 0.294. The van der Waals surface area contributed by atoms with Crippen molar-refractivity contribution in [2.75, 3.05) is 0 Å². The molecule has 2 rings (SSSR count). The smallest absolute Gasteiger partial charge is 0.485 e. The summed E-state index contributed by atoms with van der Waals surface area (Å²) in [4.78, 5) is 0. The van der Waals surface area contributed by atoms with Gasteiger partial charge in [-0.3, -0.25) is 0 Å². The molecule has 0 radical (unpaired) electrons. The van der Waals surface area contributed by atoms with Gasteiger partial charge in [0.25, 0.3) is 0 Å². The molecule has 0 amide bonds. The monoisotopic (exact) mass is 502 g/mol. The van der Waals surface area contributed by atoms with Crippen LogP contribution in [0.15, 0.2) is 54.6 Å². The fourth-order valence-electron chi connectivity index (χ4n) is 1.50. The van der Waals surface area contributed by atoms with Crippen LogP contribution in [0.1, 0.15) is 20.3 Å². The Hall–Kier alpha value is -1.33. The Balaban J connectivity index is 0.000000359. The molecule has 26 heavy (non-hydrogen) atoms. The van der Waals surface area contributed by atoms with Crippen LogP contribution < -0.4 is 25.9 Å². The van der Waals surface area contributed by atoms with E-state index in [1.54, 1.807) is 0 Å². The second-order valence-electron chi connectivity index (χ2n) is 5.08. The standard InChI is InChI=1S/C16H18IO.CHF3O3S/c1-3-13(2)18-16-11-9-15(10-12-16)17-14-7-5-4-6-8-14;2-1(3,4)8(5,6)7/h4-13H,3H2,1-2H3;(H,5,6,7)/q+1;/p-1. The molecular weight excluding hydrogens is 484 g/mol.